The Labute approximate surface area is 207 Å². The molecule has 0 spiro atoms. The normalized spacial score (nSPS) is 14.1. The molecule has 0 bridgehead atoms. The second-order valence-electron chi connectivity index (χ2n) is 8.45. The molecule has 0 radical (unpaired) electrons. The molecule has 4 aromatic rings. The predicted octanol–water partition coefficient (Wildman–Crippen LogP) is 3.46. The quantitative estimate of drug-likeness (QED) is 0.430. The SMILES string of the molecule is O=C(NCCn1nc(-c2ccccc2)ccc1=O)C1CCN(c2ccc(-c3cccs3)nn2)CC1. The highest BCUT2D eigenvalue weighted by Crippen LogP contribution is 2.25. The summed E-state index contributed by atoms with van der Waals surface area (Å²) in [5.41, 5.74) is 2.37. The van der Waals surface area contributed by atoms with Crippen LogP contribution in [0.5, 0.6) is 0 Å². The zero-order valence-corrected chi connectivity index (χ0v) is 20.0. The number of carbonyl (C=O) groups is 1. The largest absolute Gasteiger partial charge is 0.355 e. The number of thiophene rings is 1. The fraction of sp³-hybridized carbons (Fsp3) is 0.269. The molecule has 4 heterocycles. The molecule has 8 nitrogen and oxygen atoms in total. The maximum absolute atomic E-state index is 12.7. The Hall–Kier alpha value is -3.85. The summed E-state index contributed by atoms with van der Waals surface area (Å²) in [6.07, 6.45) is 1.50. The van der Waals surface area contributed by atoms with E-state index in [9.17, 15) is 9.59 Å². The highest BCUT2D eigenvalue weighted by molar-refractivity contribution is 7.13. The summed E-state index contributed by atoms with van der Waals surface area (Å²) in [5, 5.41) is 18.2. The molecule has 0 unspecified atom stereocenters. The van der Waals surface area contributed by atoms with Gasteiger partial charge in [0.25, 0.3) is 5.56 Å². The van der Waals surface area contributed by atoms with E-state index in [1.54, 1.807) is 17.4 Å². The number of aromatic nitrogens is 4. The Balaban J connectivity index is 1.11. The van der Waals surface area contributed by atoms with Crippen LogP contribution in [0.3, 0.4) is 0 Å². The summed E-state index contributed by atoms with van der Waals surface area (Å²) in [4.78, 5) is 28.2. The van der Waals surface area contributed by atoms with Crippen LogP contribution in [-0.2, 0) is 11.3 Å². The average Bonchev–Trinajstić information content (AvgIpc) is 3.46. The minimum Gasteiger partial charge on any atom is -0.355 e. The third-order valence-electron chi connectivity index (χ3n) is 6.17. The number of rotatable bonds is 7. The van der Waals surface area contributed by atoms with Crippen molar-refractivity contribution >= 4 is 23.1 Å². The van der Waals surface area contributed by atoms with Gasteiger partial charge in [0.1, 0.15) is 5.69 Å². The molecule has 1 amide bonds. The van der Waals surface area contributed by atoms with Crippen LogP contribution in [0.4, 0.5) is 5.82 Å². The molecule has 1 aliphatic rings. The fourth-order valence-corrected chi connectivity index (χ4v) is 4.91. The van der Waals surface area contributed by atoms with Gasteiger partial charge < -0.3 is 10.2 Å². The van der Waals surface area contributed by atoms with E-state index in [0.29, 0.717) is 13.1 Å². The number of piperidine rings is 1. The van der Waals surface area contributed by atoms with Crippen molar-refractivity contribution in [3.05, 3.63) is 82.5 Å². The van der Waals surface area contributed by atoms with Crippen LogP contribution in [0.2, 0.25) is 0 Å². The first-order chi connectivity index (χ1) is 17.2. The van der Waals surface area contributed by atoms with Crippen molar-refractivity contribution in [3.63, 3.8) is 0 Å². The zero-order chi connectivity index (χ0) is 24.0. The van der Waals surface area contributed by atoms with Crippen LogP contribution in [0.1, 0.15) is 12.8 Å². The summed E-state index contributed by atoms with van der Waals surface area (Å²) < 4.78 is 1.41. The molecule has 178 valence electrons. The van der Waals surface area contributed by atoms with Gasteiger partial charge in [-0.1, -0.05) is 36.4 Å². The molecular weight excluding hydrogens is 460 g/mol. The van der Waals surface area contributed by atoms with Gasteiger partial charge in [0.2, 0.25) is 5.91 Å². The lowest BCUT2D eigenvalue weighted by Gasteiger charge is -2.31. The van der Waals surface area contributed by atoms with Crippen molar-refractivity contribution in [2.75, 3.05) is 24.5 Å². The first-order valence-electron chi connectivity index (χ1n) is 11.7. The Bertz CT molecular complexity index is 1310. The third-order valence-corrected chi connectivity index (χ3v) is 7.07. The minimum atomic E-state index is -0.182. The third kappa shape index (κ3) is 5.46. The van der Waals surface area contributed by atoms with Crippen LogP contribution in [0, 0.1) is 5.92 Å². The van der Waals surface area contributed by atoms with Gasteiger partial charge in [0, 0.05) is 37.2 Å². The van der Waals surface area contributed by atoms with Crippen LogP contribution >= 0.6 is 11.3 Å². The molecule has 1 N–H and O–H groups in total. The molecule has 1 fully saturated rings. The molecule has 0 saturated carbocycles. The number of nitrogens with one attached hydrogen (secondary N) is 1. The van der Waals surface area contributed by atoms with Crippen LogP contribution in [0.15, 0.2) is 76.9 Å². The Morgan fingerprint density at radius 2 is 1.74 bits per heavy atom. The zero-order valence-electron chi connectivity index (χ0n) is 19.2. The van der Waals surface area contributed by atoms with Crippen LogP contribution in [0.25, 0.3) is 21.8 Å². The smallest absolute Gasteiger partial charge is 0.266 e. The summed E-state index contributed by atoms with van der Waals surface area (Å²) in [5.74, 6) is 0.814. The molecule has 0 aliphatic carbocycles. The minimum absolute atomic E-state index is 0.0241. The number of carbonyl (C=O) groups excluding carboxylic acids is 1. The second kappa shape index (κ2) is 10.6. The van der Waals surface area contributed by atoms with Gasteiger partial charge in [0.05, 0.1) is 17.1 Å². The van der Waals surface area contributed by atoms with E-state index in [1.165, 1.54) is 10.7 Å². The summed E-state index contributed by atoms with van der Waals surface area (Å²) >= 11 is 1.64. The summed E-state index contributed by atoms with van der Waals surface area (Å²) in [7, 11) is 0. The van der Waals surface area contributed by atoms with Gasteiger partial charge in [-0.05, 0) is 42.5 Å². The van der Waals surface area contributed by atoms with Crippen LogP contribution < -0.4 is 15.8 Å². The fourth-order valence-electron chi connectivity index (χ4n) is 4.22. The van der Waals surface area contributed by atoms with Gasteiger partial charge in [0.15, 0.2) is 5.82 Å². The molecule has 9 heteroatoms. The summed E-state index contributed by atoms with van der Waals surface area (Å²) in [6.45, 7) is 2.20. The van der Waals surface area contributed by atoms with Crippen molar-refractivity contribution in [3.8, 4) is 21.8 Å². The molecule has 5 rings (SSSR count). The van der Waals surface area contributed by atoms with Crippen molar-refractivity contribution in [1.82, 2.24) is 25.3 Å². The number of benzene rings is 1. The number of hydrogen-bond donors (Lipinski definition) is 1. The van der Waals surface area contributed by atoms with Gasteiger partial charge in [-0.15, -0.1) is 21.5 Å². The lowest BCUT2D eigenvalue weighted by atomic mass is 9.96. The topological polar surface area (TPSA) is 93.0 Å². The highest BCUT2D eigenvalue weighted by Gasteiger charge is 2.25. The number of amides is 1. The molecule has 1 aliphatic heterocycles. The summed E-state index contributed by atoms with van der Waals surface area (Å²) in [6, 6.07) is 21.0. The van der Waals surface area contributed by atoms with E-state index < -0.39 is 0 Å². The van der Waals surface area contributed by atoms with Gasteiger partial charge in [-0.25, -0.2) is 4.68 Å². The lowest BCUT2D eigenvalue weighted by Crippen LogP contribution is -2.42. The molecular formula is C26H26N6O2S. The standard InChI is InChI=1S/C26H26N6O2S/c33-25-11-9-21(19-5-2-1-3-6-19)30-32(25)17-14-27-26(34)20-12-15-31(16-13-20)24-10-8-22(28-29-24)23-7-4-18-35-23/h1-11,18,20H,12-17H2,(H,27,34). The number of nitrogens with zero attached hydrogens (tertiary/aromatic N) is 5. The van der Waals surface area contributed by atoms with E-state index >= 15 is 0 Å². The van der Waals surface area contributed by atoms with Crippen molar-refractivity contribution in [1.29, 1.82) is 0 Å². The van der Waals surface area contributed by atoms with Crippen molar-refractivity contribution in [2.45, 2.75) is 19.4 Å². The molecule has 35 heavy (non-hydrogen) atoms. The van der Waals surface area contributed by atoms with Gasteiger partial charge in [-0.3, -0.25) is 9.59 Å². The second-order valence-corrected chi connectivity index (χ2v) is 9.40. The Morgan fingerprint density at radius 1 is 0.943 bits per heavy atom. The molecule has 3 aromatic heterocycles. The number of hydrogen-bond acceptors (Lipinski definition) is 7. The molecule has 1 aromatic carbocycles. The Kier molecular flexibility index (Phi) is 6.94. The number of anilines is 1. The predicted molar refractivity (Wildman–Crippen MR) is 137 cm³/mol. The maximum Gasteiger partial charge on any atom is 0.266 e. The Morgan fingerprint density at radius 3 is 2.46 bits per heavy atom. The highest BCUT2D eigenvalue weighted by atomic mass is 32.1. The van der Waals surface area contributed by atoms with Gasteiger partial charge >= 0.3 is 0 Å². The van der Waals surface area contributed by atoms with E-state index in [-0.39, 0.29) is 17.4 Å². The first kappa shape index (κ1) is 22.9. The molecule has 1 saturated heterocycles. The molecule has 0 atom stereocenters. The maximum atomic E-state index is 12.7. The van der Waals surface area contributed by atoms with Crippen LogP contribution in [-0.4, -0.2) is 45.5 Å². The van der Waals surface area contributed by atoms with E-state index in [1.807, 2.05) is 60.0 Å². The van der Waals surface area contributed by atoms with E-state index in [2.05, 4.69) is 25.5 Å². The van der Waals surface area contributed by atoms with Crippen molar-refractivity contribution in [2.24, 2.45) is 5.92 Å². The lowest BCUT2D eigenvalue weighted by molar-refractivity contribution is -0.125. The van der Waals surface area contributed by atoms with Gasteiger partial charge in [-0.2, -0.15) is 5.10 Å². The van der Waals surface area contributed by atoms with E-state index in [4.69, 9.17) is 0 Å². The van der Waals surface area contributed by atoms with Crippen molar-refractivity contribution < 1.29 is 4.79 Å². The average molecular weight is 487 g/mol. The van der Waals surface area contributed by atoms with E-state index in [0.717, 1.165) is 53.6 Å². The first-order valence-corrected chi connectivity index (χ1v) is 12.6. The monoisotopic (exact) mass is 486 g/mol.